The molecule has 2 heteroatoms. The molecule has 0 spiro atoms. The van der Waals surface area contributed by atoms with Crippen LogP contribution in [0, 0.1) is 17.8 Å². The molecule has 0 aromatic rings. The van der Waals surface area contributed by atoms with Gasteiger partial charge in [0.05, 0.1) is 5.60 Å². The smallest absolute Gasteiger partial charge is 0.0949 e. The average molecular weight is 230 g/mol. The monoisotopic (exact) mass is 230 g/mol. The zero-order chi connectivity index (χ0) is 12.8. The molecule has 0 unspecified atom stereocenters. The Morgan fingerprint density at radius 3 is 1.69 bits per heavy atom. The Labute approximate surface area is 101 Å². The summed E-state index contributed by atoms with van der Waals surface area (Å²) >= 11 is 0. The summed E-state index contributed by atoms with van der Waals surface area (Å²) in [5.41, 5.74) is -0.403. The van der Waals surface area contributed by atoms with Crippen LogP contribution in [0.15, 0.2) is 0 Å². The number of hydrogen-bond acceptors (Lipinski definition) is 2. The van der Waals surface area contributed by atoms with Crippen LogP contribution < -0.4 is 0 Å². The molecule has 98 valence electrons. The van der Waals surface area contributed by atoms with E-state index in [-0.39, 0.29) is 0 Å². The molecule has 0 aromatic heterocycles. The van der Waals surface area contributed by atoms with Crippen molar-refractivity contribution in [2.75, 3.05) is 0 Å². The lowest BCUT2D eigenvalue weighted by Crippen LogP contribution is -2.16. The van der Waals surface area contributed by atoms with Gasteiger partial charge >= 0.3 is 0 Å². The summed E-state index contributed by atoms with van der Waals surface area (Å²) in [4.78, 5) is 3.94. The molecule has 1 rings (SSSR count). The molecule has 1 N–H and O–H groups in total. The van der Waals surface area contributed by atoms with Crippen LogP contribution in [0.3, 0.4) is 0 Å². The zero-order valence-electron chi connectivity index (χ0n) is 11.9. The molecule has 1 aliphatic carbocycles. The normalized spacial score (nSPS) is 26.2. The van der Waals surface area contributed by atoms with Crippen molar-refractivity contribution in [1.82, 2.24) is 0 Å². The molecule has 0 aromatic carbocycles. The Bertz CT molecular complexity index is 162. The van der Waals surface area contributed by atoms with Gasteiger partial charge < -0.3 is 0 Å². The van der Waals surface area contributed by atoms with Gasteiger partial charge in [-0.1, -0.05) is 33.6 Å². The largest absolute Gasteiger partial charge is 0.251 e. The first-order valence-corrected chi connectivity index (χ1v) is 6.59. The highest BCUT2D eigenvalue weighted by Crippen LogP contribution is 2.32. The first-order valence-electron chi connectivity index (χ1n) is 6.59. The molecule has 16 heavy (non-hydrogen) atoms. The highest BCUT2D eigenvalue weighted by molar-refractivity contribution is 4.71. The van der Waals surface area contributed by atoms with E-state index in [1.807, 2.05) is 0 Å². The van der Waals surface area contributed by atoms with Gasteiger partial charge in [-0.05, 0) is 51.4 Å². The van der Waals surface area contributed by atoms with Crippen molar-refractivity contribution in [3.63, 3.8) is 0 Å². The molecule has 0 radical (unpaired) electrons. The molecular formula is C14H30O2. The van der Waals surface area contributed by atoms with E-state index in [4.69, 9.17) is 5.26 Å². The lowest BCUT2D eigenvalue weighted by Gasteiger charge is -2.28. The van der Waals surface area contributed by atoms with Crippen molar-refractivity contribution in [3.8, 4) is 0 Å². The summed E-state index contributed by atoms with van der Waals surface area (Å²) in [6.45, 7) is 12.4. The molecule has 0 bridgehead atoms. The first kappa shape index (κ1) is 15.9. The quantitative estimate of drug-likeness (QED) is 0.520. The van der Waals surface area contributed by atoms with Crippen LogP contribution in [0.4, 0.5) is 0 Å². The average Bonchev–Trinajstić information content (AvgIpc) is 2.18. The summed E-state index contributed by atoms with van der Waals surface area (Å²) in [7, 11) is 0. The van der Waals surface area contributed by atoms with E-state index in [0.29, 0.717) is 0 Å². The second-order valence-electron chi connectivity index (χ2n) is 6.47. The van der Waals surface area contributed by atoms with Gasteiger partial charge in [0.2, 0.25) is 0 Å². The molecule has 0 heterocycles. The van der Waals surface area contributed by atoms with Crippen molar-refractivity contribution in [3.05, 3.63) is 0 Å². The van der Waals surface area contributed by atoms with E-state index in [0.717, 1.165) is 17.8 Å². The van der Waals surface area contributed by atoms with E-state index in [9.17, 15) is 0 Å². The highest BCUT2D eigenvalue weighted by atomic mass is 17.1. The topological polar surface area (TPSA) is 29.5 Å². The van der Waals surface area contributed by atoms with Gasteiger partial charge in [0.15, 0.2) is 0 Å². The Morgan fingerprint density at radius 1 is 1.06 bits per heavy atom. The molecule has 1 saturated carbocycles. The van der Waals surface area contributed by atoms with Crippen LogP contribution in [0.1, 0.15) is 67.2 Å². The van der Waals surface area contributed by atoms with Crippen LogP contribution in [0.5, 0.6) is 0 Å². The van der Waals surface area contributed by atoms with Gasteiger partial charge in [-0.15, -0.1) is 0 Å². The van der Waals surface area contributed by atoms with Crippen LogP contribution in [0.2, 0.25) is 0 Å². The van der Waals surface area contributed by atoms with Gasteiger partial charge in [0.1, 0.15) is 0 Å². The molecule has 1 aliphatic rings. The minimum Gasteiger partial charge on any atom is -0.251 e. The number of rotatable bonds is 1. The van der Waals surface area contributed by atoms with E-state index >= 15 is 0 Å². The maximum Gasteiger partial charge on any atom is 0.0949 e. The van der Waals surface area contributed by atoms with E-state index in [1.54, 1.807) is 20.8 Å². The number of hydrogen-bond donors (Lipinski definition) is 1. The van der Waals surface area contributed by atoms with Crippen molar-refractivity contribution >= 4 is 0 Å². The Kier molecular flexibility index (Phi) is 7.25. The van der Waals surface area contributed by atoms with Crippen molar-refractivity contribution in [2.45, 2.75) is 72.8 Å². The Balaban J connectivity index is 0.000000325. The highest BCUT2D eigenvalue weighted by Gasteiger charge is 2.20. The van der Waals surface area contributed by atoms with Crippen molar-refractivity contribution in [2.24, 2.45) is 17.8 Å². The van der Waals surface area contributed by atoms with E-state index in [1.165, 1.54) is 25.7 Å². The van der Waals surface area contributed by atoms with E-state index in [2.05, 4.69) is 25.7 Å². The fourth-order valence-electron chi connectivity index (χ4n) is 1.95. The lowest BCUT2D eigenvalue weighted by atomic mass is 9.78. The predicted octanol–water partition coefficient (Wildman–Crippen LogP) is 4.74. The van der Waals surface area contributed by atoms with Gasteiger partial charge in [-0.25, -0.2) is 4.89 Å². The zero-order valence-corrected chi connectivity index (χ0v) is 11.9. The maximum absolute atomic E-state index is 7.90. The van der Waals surface area contributed by atoms with Crippen molar-refractivity contribution < 1.29 is 10.1 Å². The van der Waals surface area contributed by atoms with Crippen LogP contribution in [-0.2, 0) is 4.89 Å². The second-order valence-corrected chi connectivity index (χ2v) is 6.47. The Hall–Kier alpha value is -0.0800. The van der Waals surface area contributed by atoms with Gasteiger partial charge in [-0.2, -0.15) is 0 Å². The maximum atomic E-state index is 7.90. The molecule has 2 nitrogen and oxygen atoms in total. The molecule has 1 fully saturated rings. The fraction of sp³-hybridized carbons (Fsp3) is 1.00. The van der Waals surface area contributed by atoms with E-state index < -0.39 is 5.60 Å². The van der Waals surface area contributed by atoms with Gasteiger partial charge in [-0.3, -0.25) is 5.26 Å². The standard InChI is InChI=1S/C10H20.C4H10O2/c1-8(2)10-6-4-9(3)5-7-10;1-4(2,3)6-5/h8-10H,4-7H2,1-3H3;5H,1-3H3. The van der Waals surface area contributed by atoms with Crippen LogP contribution in [-0.4, -0.2) is 10.9 Å². The predicted molar refractivity (Wildman–Crippen MR) is 69.4 cm³/mol. The molecule has 0 amide bonds. The lowest BCUT2D eigenvalue weighted by molar-refractivity contribution is -0.306. The first-order chi connectivity index (χ1) is 7.26. The Morgan fingerprint density at radius 2 is 1.44 bits per heavy atom. The van der Waals surface area contributed by atoms with Crippen LogP contribution >= 0.6 is 0 Å². The summed E-state index contributed by atoms with van der Waals surface area (Å²) in [6, 6.07) is 0. The van der Waals surface area contributed by atoms with Crippen molar-refractivity contribution in [1.29, 1.82) is 0 Å². The third-order valence-electron chi connectivity index (χ3n) is 3.28. The minimum absolute atomic E-state index is 0.403. The third kappa shape index (κ3) is 8.12. The summed E-state index contributed by atoms with van der Waals surface area (Å²) in [5, 5.41) is 7.90. The van der Waals surface area contributed by atoms with Gasteiger partial charge in [0, 0.05) is 0 Å². The fourth-order valence-corrected chi connectivity index (χ4v) is 1.95. The third-order valence-corrected chi connectivity index (χ3v) is 3.28. The summed E-state index contributed by atoms with van der Waals surface area (Å²) in [5.74, 6) is 2.97. The summed E-state index contributed by atoms with van der Waals surface area (Å²) < 4.78 is 0. The molecule has 0 saturated heterocycles. The molecular weight excluding hydrogens is 200 g/mol. The SMILES string of the molecule is CC(C)(C)OO.CC1CCC(C(C)C)CC1. The molecule has 0 aliphatic heterocycles. The summed E-state index contributed by atoms with van der Waals surface area (Å²) in [6.07, 6.45) is 5.92. The molecule has 0 atom stereocenters. The minimum atomic E-state index is -0.403. The van der Waals surface area contributed by atoms with Gasteiger partial charge in [0.25, 0.3) is 0 Å². The second kappa shape index (κ2) is 7.29. The van der Waals surface area contributed by atoms with Crippen LogP contribution in [0.25, 0.3) is 0 Å².